The summed E-state index contributed by atoms with van der Waals surface area (Å²) in [6, 6.07) is 7.93. The van der Waals surface area contributed by atoms with Crippen LogP contribution in [0.3, 0.4) is 0 Å². The Morgan fingerprint density at radius 2 is 1.83 bits per heavy atom. The van der Waals surface area contributed by atoms with Gasteiger partial charge in [-0.3, -0.25) is 4.79 Å². The molecule has 2 rings (SSSR count). The van der Waals surface area contributed by atoms with Crippen molar-refractivity contribution in [1.29, 1.82) is 0 Å². The summed E-state index contributed by atoms with van der Waals surface area (Å²) in [4.78, 5) is 11.5. The highest BCUT2D eigenvalue weighted by molar-refractivity contribution is 5.80. The fraction of sp³-hybridized carbons (Fsp3) is 0.533. The maximum atomic E-state index is 11.5. The average molecular weight is 247 g/mol. The van der Waals surface area contributed by atoms with Crippen molar-refractivity contribution in [3.05, 3.63) is 35.4 Å². The minimum atomic E-state index is -0.617. The zero-order chi connectivity index (χ0) is 13.1. The Bertz CT molecular complexity index is 407. The van der Waals surface area contributed by atoms with Crippen molar-refractivity contribution in [2.24, 2.45) is 5.92 Å². The maximum absolute atomic E-state index is 11.5. The van der Waals surface area contributed by atoms with E-state index in [9.17, 15) is 9.90 Å². The minimum absolute atomic E-state index is 0.0767. The normalized spacial score (nSPS) is 16.7. The summed E-state index contributed by atoms with van der Waals surface area (Å²) in [6.07, 6.45) is 1.37. The standard InChI is InChI=1S/C15H21NO2/c1-10(2)11-3-5-12(6-4-11)14(17)9-16-15(18)13-7-8-13/h3-6,10,13-14,17H,7-9H2,1-2H3,(H,16,18). The number of rotatable bonds is 5. The van der Waals surface area contributed by atoms with E-state index in [-0.39, 0.29) is 11.8 Å². The Kier molecular flexibility index (Phi) is 4.02. The molecule has 2 N–H and O–H groups in total. The van der Waals surface area contributed by atoms with Gasteiger partial charge in [0.1, 0.15) is 0 Å². The highest BCUT2D eigenvalue weighted by Crippen LogP contribution is 2.28. The second-order valence-electron chi connectivity index (χ2n) is 5.36. The lowest BCUT2D eigenvalue weighted by atomic mass is 10.00. The third-order valence-electron chi connectivity index (χ3n) is 3.41. The van der Waals surface area contributed by atoms with Crippen molar-refractivity contribution in [2.75, 3.05) is 6.54 Å². The number of benzene rings is 1. The van der Waals surface area contributed by atoms with Gasteiger partial charge in [-0.15, -0.1) is 0 Å². The first-order valence-electron chi connectivity index (χ1n) is 6.63. The summed E-state index contributed by atoms with van der Waals surface area (Å²) in [5, 5.41) is 12.8. The van der Waals surface area contributed by atoms with Crippen LogP contribution < -0.4 is 5.32 Å². The van der Waals surface area contributed by atoms with E-state index in [0.717, 1.165) is 18.4 Å². The third-order valence-corrected chi connectivity index (χ3v) is 3.41. The van der Waals surface area contributed by atoms with Crippen molar-refractivity contribution < 1.29 is 9.90 Å². The molecule has 1 fully saturated rings. The molecule has 3 heteroatoms. The number of nitrogens with one attached hydrogen (secondary N) is 1. The maximum Gasteiger partial charge on any atom is 0.223 e. The smallest absolute Gasteiger partial charge is 0.223 e. The molecule has 1 amide bonds. The van der Waals surface area contributed by atoms with Crippen LogP contribution in [0.25, 0.3) is 0 Å². The van der Waals surface area contributed by atoms with Crippen molar-refractivity contribution in [2.45, 2.75) is 38.7 Å². The average Bonchev–Trinajstić information content (AvgIpc) is 3.20. The molecule has 1 aliphatic rings. The third kappa shape index (κ3) is 3.33. The van der Waals surface area contributed by atoms with E-state index in [0.29, 0.717) is 12.5 Å². The van der Waals surface area contributed by atoms with Gasteiger partial charge in [-0.2, -0.15) is 0 Å². The van der Waals surface area contributed by atoms with Gasteiger partial charge >= 0.3 is 0 Å². The molecular formula is C15H21NO2. The minimum Gasteiger partial charge on any atom is -0.387 e. The molecule has 1 unspecified atom stereocenters. The molecular weight excluding hydrogens is 226 g/mol. The lowest BCUT2D eigenvalue weighted by molar-refractivity contribution is -0.122. The van der Waals surface area contributed by atoms with Gasteiger partial charge in [0, 0.05) is 12.5 Å². The predicted molar refractivity (Wildman–Crippen MR) is 71.2 cm³/mol. The lowest BCUT2D eigenvalue weighted by Crippen LogP contribution is -2.29. The first-order valence-corrected chi connectivity index (χ1v) is 6.63. The van der Waals surface area contributed by atoms with E-state index < -0.39 is 6.10 Å². The van der Waals surface area contributed by atoms with E-state index >= 15 is 0 Å². The summed E-state index contributed by atoms with van der Waals surface area (Å²) in [5.74, 6) is 0.763. The van der Waals surface area contributed by atoms with Gasteiger partial charge in [-0.05, 0) is 29.9 Å². The number of aliphatic hydroxyl groups is 1. The first-order chi connectivity index (χ1) is 8.58. The van der Waals surface area contributed by atoms with E-state index in [1.807, 2.05) is 24.3 Å². The van der Waals surface area contributed by atoms with Crippen LogP contribution in [-0.2, 0) is 4.79 Å². The number of aliphatic hydroxyl groups excluding tert-OH is 1. The summed E-state index contributed by atoms with van der Waals surface area (Å²) in [5.41, 5.74) is 2.11. The highest BCUT2D eigenvalue weighted by Gasteiger charge is 2.29. The van der Waals surface area contributed by atoms with Crippen molar-refractivity contribution >= 4 is 5.91 Å². The molecule has 0 spiro atoms. The van der Waals surface area contributed by atoms with E-state index in [1.165, 1.54) is 5.56 Å². The summed E-state index contributed by atoms with van der Waals surface area (Å²) < 4.78 is 0. The quantitative estimate of drug-likeness (QED) is 0.839. The van der Waals surface area contributed by atoms with Gasteiger partial charge in [-0.1, -0.05) is 38.1 Å². The Morgan fingerprint density at radius 3 is 2.33 bits per heavy atom. The van der Waals surface area contributed by atoms with Crippen molar-refractivity contribution in [3.63, 3.8) is 0 Å². The van der Waals surface area contributed by atoms with E-state index in [1.54, 1.807) is 0 Å². The molecule has 18 heavy (non-hydrogen) atoms. The largest absolute Gasteiger partial charge is 0.387 e. The number of hydrogen-bond acceptors (Lipinski definition) is 2. The summed E-state index contributed by atoms with van der Waals surface area (Å²) in [7, 11) is 0. The van der Waals surface area contributed by atoms with Crippen LogP contribution in [0.15, 0.2) is 24.3 Å². The van der Waals surface area contributed by atoms with Crippen LogP contribution >= 0.6 is 0 Å². The molecule has 0 bridgehead atoms. The van der Waals surface area contributed by atoms with Gasteiger partial charge in [0.15, 0.2) is 0 Å². The number of carbonyl (C=O) groups excluding carboxylic acids is 1. The molecule has 1 aromatic carbocycles. The van der Waals surface area contributed by atoms with Gasteiger partial charge in [0.05, 0.1) is 6.10 Å². The van der Waals surface area contributed by atoms with Crippen LogP contribution in [0.5, 0.6) is 0 Å². The fourth-order valence-corrected chi connectivity index (χ4v) is 1.91. The molecule has 98 valence electrons. The second-order valence-corrected chi connectivity index (χ2v) is 5.36. The van der Waals surface area contributed by atoms with Crippen molar-refractivity contribution in [3.8, 4) is 0 Å². The molecule has 0 heterocycles. The second kappa shape index (κ2) is 5.53. The molecule has 1 atom stereocenters. The Labute approximate surface area is 108 Å². The Balaban J connectivity index is 1.87. The van der Waals surface area contributed by atoms with Crippen LogP contribution in [0.2, 0.25) is 0 Å². The van der Waals surface area contributed by atoms with Crippen LogP contribution in [0, 0.1) is 5.92 Å². The Morgan fingerprint density at radius 1 is 1.28 bits per heavy atom. The molecule has 1 aromatic rings. The predicted octanol–water partition coefficient (Wildman–Crippen LogP) is 2.37. The number of amides is 1. The molecule has 0 aromatic heterocycles. The SMILES string of the molecule is CC(C)c1ccc(C(O)CNC(=O)C2CC2)cc1. The summed E-state index contributed by atoms with van der Waals surface area (Å²) in [6.45, 7) is 4.58. The van der Waals surface area contributed by atoms with Crippen molar-refractivity contribution in [1.82, 2.24) is 5.32 Å². The topological polar surface area (TPSA) is 49.3 Å². The van der Waals surface area contributed by atoms with E-state index in [4.69, 9.17) is 0 Å². The monoisotopic (exact) mass is 247 g/mol. The van der Waals surface area contributed by atoms with Crippen LogP contribution in [0.1, 0.15) is 49.8 Å². The number of hydrogen-bond donors (Lipinski definition) is 2. The fourth-order valence-electron chi connectivity index (χ4n) is 1.91. The molecule has 0 radical (unpaired) electrons. The van der Waals surface area contributed by atoms with E-state index in [2.05, 4.69) is 19.2 Å². The molecule has 1 saturated carbocycles. The molecule has 0 aliphatic heterocycles. The Hall–Kier alpha value is -1.35. The summed E-state index contributed by atoms with van der Waals surface area (Å²) >= 11 is 0. The van der Waals surface area contributed by atoms with Crippen LogP contribution in [-0.4, -0.2) is 17.6 Å². The lowest BCUT2D eigenvalue weighted by Gasteiger charge is -2.13. The zero-order valence-corrected chi connectivity index (χ0v) is 11.0. The van der Waals surface area contributed by atoms with Gasteiger partial charge in [0.25, 0.3) is 0 Å². The molecule has 1 aliphatic carbocycles. The van der Waals surface area contributed by atoms with Gasteiger partial charge < -0.3 is 10.4 Å². The molecule has 0 saturated heterocycles. The van der Waals surface area contributed by atoms with Gasteiger partial charge in [-0.25, -0.2) is 0 Å². The number of carbonyl (C=O) groups is 1. The highest BCUT2D eigenvalue weighted by atomic mass is 16.3. The molecule has 3 nitrogen and oxygen atoms in total. The first kappa shape index (κ1) is 13.1. The van der Waals surface area contributed by atoms with Gasteiger partial charge in [0.2, 0.25) is 5.91 Å². The zero-order valence-electron chi connectivity index (χ0n) is 11.0. The van der Waals surface area contributed by atoms with Crippen LogP contribution in [0.4, 0.5) is 0 Å².